The van der Waals surface area contributed by atoms with E-state index in [4.69, 9.17) is 5.73 Å². The van der Waals surface area contributed by atoms with Crippen molar-refractivity contribution in [2.24, 2.45) is 5.73 Å². The maximum atomic E-state index is 13.3. The molecule has 0 spiro atoms. The van der Waals surface area contributed by atoms with Gasteiger partial charge < -0.3 is 10.6 Å². The summed E-state index contributed by atoms with van der Waals surface area (Å²) in [6.45, 7) is 2.76. The number of amides is 2. The van der Waals surface area contributed by atoms with Crippen LogP contribution in [0, 0.1) is 0 Å². The number of rotatable bonds is 5. The molecule has 2 amide bonds. The Morgan fingerprint density at radius 1 is 1.32 bits per heavy atom. The van der Waals surface area contributed by atoms with Crippen molar-refractivity contribution >= 4 is 11.8 Å². The van der Waals surface area contributed by atoms with E-state index in [1.807, 2.05) is 42.2 Å². The first-order valence-corrected chi connectivity index (χ1v) is 8.82. The molecule has 25 heavy (non-hydrogen) atoms. The summed E-state index contributed by atoms with van der Waals surface area (Å²) in [6, 6.07) is 11.5. The summed E-state index contributed by atoms with van der Waals surface area (Å²) < 4.78 is 0. The van der Waals surface area contributed by atoms with Crippen LogP contribution in [0.25, 0.3) is 0 Å². The highest BCUT2D eigenvalue weighted by atomic mass is 16.2. The van der Waals surface area contributed by atoms with Crippen molar-refractivity contribution in [2.45, 2.75) is 44.6 Å². The number of nitrogens with zero attached hydrogens (tertiary/aromatic N) is 2. The molecule has 6 nitrogen and oxygen atoms in total. The fourth-order valence-corrected chi connectivity index (χ4v) is 3.59. The summed E-state index contributed by atoms with van der Waals surface area (Å²) in [4.78, 5) is 26.5. The number of nitrogens with one attached hydrogen (secondary N) is 1. The molecule has 1 aromatic carbocycles. The van der Waals surface area contributed by atoms with Gasteiger partial charge in [0.2, 0.25) is 5.91 Å². The van der Waals surface area contributed by atoms with Gasteiger partial charge in [0, 0.05) is 6.54 Å². The molecule has 132 valence electrons. The van der Waals surface area contributed by atoms with Crippen molar-refractivity contribution in [2.75, 3.05) is 6.54 Å². The fraction of sp³-hybridized carbons (Fsp3) is 0.421. The lowest BCUT2D eigenvalue weighted by molar-refractivity contribution is -0.137. The lowest BCUT2D eigenvalue weighted by Crippen LogP contribution is -2.41. The summed E-state index contributed by atoms with van der Waals surface area (Å²) >= 11 is 0. The minimum Gasteiger partial charge on any atom is -0.364 e. The summed E-state index contributed by atoms with van der Waals surface area (Å²) in [5.74, 6) is -0.583. The summed E-state index contributed by atoms with van der Waals surface area (Å²) in [7, 11) is 0. The molecule has 0 bridgehead atoms. The van der Waals surface area contributed by atoms with Crippen molar-refractivity contribution in [1.82, 2.24) is 15.1 Å². The van der Waals surface area contributed by atoms with Gasteiger partial charge in [0.1, 0.15) is 5.69 Å². The SMILES string of the molecule is CC[C@@H](C(=O)N1CCCC[C@H]1c1cc(C(N)=O)n[nH]1)c1ccccc1. The third-order valence-electron chi connectivity index (χ3n) is 4.90. The molecule has 1 fully saturated rings. The van der Waals surface area contributed by atoms with Gasteiger partial charge >= 0.3 is 0 Å². The van der Waals surface area contributed by atoms with Gasteiger partial charge in [-0.2, -0.15) is 5.10 Å². The average Bonchev–Trinajstić information content (AvgIpc) is 3.13. The second-order valence-corrected chi connectivity index (χ2v) is 6.49. The van der Waals surface area contributed by atoms with Gasteiger partial charge in [0.05, 0.1) is 17.7 Å². The Morgan fingerprint density at radius 3 is 2.72 bits per heavy atom. The van der Waals surface area contributed by atoms with Crippen LogP contribution in [0.2, 0.25) is 0 Å². The number of H-pyrrole nitrogens is 1. The van der Waals surface area contributed by atoms with Crippen molar-refractivity contribution in [3.8, 4) is 0 Å². The van der Waals surface area contributed by atoms with E-state index in [-0.39, 0.29) is 23.6 Å². The molecule has 0 radical (unpaired) electrons. The molecular formula is C19H24N4O2. The minimum absolute atomic E-state index is 0.0837. The van der Waals surface area contributed by atoms with Crippen LogP contribution in [0.15, 0.2) is 36.4 Å². The molecule has 2 atom stereocenters. The number of aromatic amines is 1. The van der Waals surface area contributed by atoms with Crippen LogP contribution < -0.4 is 5.73 Å². The second-order valence-electron chi connectivity index (χ2n) is 6.49. The standard InChI is InChI=1S/C19H24N4O2/c1-2-14(13-8-4-3-5-9-13)19(25)23-11-7-6-10-17(23)15-12-16(18(20)24)22-21-15/h3-5,8-9,12,14,17H,2,6-7,10-11H2,1H3,(H2,20,24)(H,21,22)/t14-,17+/m1/s1. The van der Waals surface area contributed by atoms with E-state index in [2.05, 4.69) is 10.2 Å². The predicted octanol–water partition coefficient (Wildman–Crippen LogP) is 2.76. The van der Waals surface area contributed by atoms with Crippen molar-refractivity contribution in [3.63, 3.8) is 0 Å². The third-order valence-corrected chi connectivity index (χ3v) is 4.90. The molecule has 0 aliphatic carbocycles. The van der Waals surface area contributed by atoms with Gasteiger partial charge in [0.25, 0.3) is 5.91 Å². The zero-order valence-electron chi connectivity index (χ0n) is 14.4. The van der Waals surface area contributed by atoms with Gasteiger partial charge in [-0.3, -0.25) is 14.7 Å². The zero-order chi connectivity index (χ0) is 17.8. The van der Waals surface area contributed by atoms with E-state index >= 15 is 0 Å². The number of carbonyl (C=O) groups is 2. The number of hydrogen-bond acceptors (Lipinski definition) is 3. The topological polar surface area (TPSA) is 92.1 Å². The Morgan fingerprint density at radius 2 is 2.08 bits per heavy atom. The highest BCUT2D eigenvalue weighted by Gasteiger charge is 2.33. The lowest BCUT2D eigenvalue weighted by Gasteiger charge is -2.37. The lowest BCUT2D eigenvalue weighted by atomic mass is 9.91. The van der Waals surface area contributed by atoms with Gasteiger partial charge in [-0.05, 0) is 37.3 Å². The van der Waals surface area contributed by atoms with E-state index in [1.54, 1.807) is 6.07 Å². The summed E-state index contributed by atoms with van der Waals surface area (Å²) in [6.07, 6.45) is 3.64. The van der Waals surface area contributed by atoms with Crippen LogP contribution in [-0.4, -0.2) is 33.5 Å². The first-order valence-electron chi connectivity index (χ1n) is 8.82. The number of likely N-dealkylation sites (tertiary alicyclic amines) is 1. The quantitative estimate of drug-likeness (QED) is 0.876. The number of nitrogens with two attached hydrogens (primary N) is 1. The highest BCUT2D eigenvalue weighted by Crippen LogP contribution is 2.34. The van der Waals surface area contributed by atoms with Crippen molar-refractivity contribution < 1.29 is 9.59 Å². The van der Waals surface area contributed by atoms with E-state index in [1.165, 1.54) is 0 Å². The Balaban J connectivity index is 1.86. The van der Waals surface area contributed by atoms with Crippen LogP contribution in [0.4, 0.5) is 0 Å². The number of carbonyl (C=O) groups excluding carboxylic acids is 2. The Bertz CT molecular complexity index is 741. The molecular weight excluding hydrogens is 316 g/mol. The number of aromatic nitrogens is 2. The molecule has 1 aliphatic rings. The average molecular weight is 340 g/mol. The van der Waals surface area contributed by atoms with E-state index < -0.39 is 5.91 Å². The highest BCUT2D eigenvalue weighted by molar-refractivity contribution is 5.90. The van der Waals surface area contributed by atoms with Gasteiger partial charge in [-0.15, -0.1) is 0 Å². The molecule has 0 unspecified atom stereocenters. The molecule has 1 aliphatic heterocycles. The predicted molar refractivity (Wildman–Crippen MR) is 94.9 cm³/mol. The van der Waals surface area contributed by atoms with Crippen LogP contribution >= 0.6 is 0 Å². The third kappa shape index (κ3) is 3.57. The van der Waals surface area contributed by atoms with Crippen LogP contribution in [0.5, 0.6) is 0 Å². The molecule has 3 rings (SSSR count). The smallest absolute Gasteiger partial charge is 0.269 e. The zero-order valence-corrected chi connectivity index (χ0v) is 14.4. The Kier molecular flexibility index (Phi) is 5.16. The Labute approximate surface area is 147 Å². The van der Waals surface area contributed by atoms with E-state index in [9.17, 15) is 9.59 Å². The monoisotopic (exact) mass is 340 g/mol. The molecule has 2 heterocycles. The van der Waals surface area contributed by atoms with Gasteiger partial charge in [-0.25, -0.2) is 0 Å². The Hall–Kier alpha value is -2.63. The number of hydrogen-bond donors (Lipinski definition) is 2. The molecule has 1 saturated heterocycles. The molecule has 0 saturated carbocycles. The van der Waals surface area contributed by atoms with Gasteiger partial charge in [0.15, 0.2) is 0 Å². The molecule has 1 aromatic heterocycles. The molecule has 3 N–H and O–H groups in total. The minimum atomic E-state index is -0.563. The van der Waals surface area contributed by atoms with E-state index in [0.29, 0.717) is 0 Å². The number of piperidine rings is 1. The maximum Gasteiger partial charge on any atom is 0.269 e. The number of primary amides is 1. The first kappa shape index (κ1) is 17.2. The van der Waals surface area contributed by atoms with Crippen molar-refractivity contribution in [1.29, 1.82) is 0 Å². The molecule has 6 heteroatoms. The summed E-state index contributed by atoms with van der Waals surface area (Å²) in [5.41, 5.74) is 7.33. The first-order chi connectivity index (χ1) is 12.1. The van der Waals surface area contributed by atoms with Crippen molar-refractivity contribution in [3.05, 3.63) is 53.3 Å². The normalized spacial score (nSPS) is 18.8. The van der Waals surface area contributed by atoms with Crippen LogP contribution in [0.3, 0.4) is 0 Å². The van der Waals surface area contributed by atoms with E-state index in [0.717, 1.165) is 43.5 Å². The molecule has 2 aromatic rings. The largest absolute Gasteiger partial charge is 0.364 e. The second kappa shape index (κ2) is 7.51. The number of benzene rings is 1. The van der Waals surface area contributed by atoms with Crippen LogP contribution in [0.1, 0.15) is 66.3 Å². The van der Waals surface area contributed by atoms with Crippen LogP contribution in [-0.2, 0) is 4.79 Å². The summed E-state index contributed by atoms with van der Waals surface area (Å²) in [5, 5.41) is 6.86. The maximum absolute atomic E-state index is 13.3. The fourth-order valence-electron chi connectivity index (χ4n) is 3.59. The van der Waals surface area contributed by atoms with Gasteiger partial charge in [-0.1, -0.05) is 37.3 Å².